The van der Waals surface area contributed by atoms with Gasteiger partial charge < -0.3 is 0 Å². The van der Waals surface area contributed by atoms with Crippen molar-refractivity contribution in [1.82, 2.24) is 0 Å². The van der Waals surface area contributed by atoms with Crippen LogP contribution in [0.5, 0.6) is 0 Å². The number of carbonyl (C=O) groups excluding carboxylic acids is 1. The minimum Gasteiger partial charge on any atom is -0.294 e. The van der Waals surface area contributed by atoms with Gasteiger partial charge in [0.05, 0.1) is 5.56 Å². The minimum atomic E-state index is -1.22. The molecule has 0 aromatic heterocycles. The predicted molar refractivity (Wildman–Crippen MR) is 41.2 cm³/mol. The molecule has 13 heavy (non-hydrogen) atoms. The second kappa shape index (κ2) is 3.60. The number of Topliss-reactive ketones (excluding diaryl/α,β-unsaturated/α-hetero) is 1. The Kier molecular flexibility index (Phi) is 2.70. The van der Waals surface area contributed by atoms with E-state index in [4.69, 9.17) is 0 Å². The summed E-state index contributed by atoms with van der Waals surface area (Å²) in [5, 5.41) is 0. The molecule has 0 spiro atoms. The summed E-state index contributed by atoms with van der Waals surface area (Å²) in [5.74, 6) is -3.03. The third-order valence-corrected chi connectivity index (χ3v) is 1.62. The van der Waals surface area contributed by atoms with Crippen LogP contribution in [-0.4, -0.2) is 5.78 Å². The Labute approximate surface area is 73.2 Å². The molecular formula is C9H7F3O. The van der Waals surface area contributed by atoms with Crippen molar-refractivity contribution in [3.63, 3.8) is 0 Å². The predicted octanol–water partition coefficient (Wildman–Crippen LogP) is 2.64. The summed E-state index contributed by atoms with van der Waals surface area (Å²) in [4.78, 5) is 10.8. The lowest BCUT2D eigenvalue weighted by Gasteiger charge is -2.02. The van der Waals surface area contributed by atoms with Gasteiger partial charge in [0.25, 0.3) is 0 Å². The van der Waals surface area contributed by atoms with Gasteiger partial charge in [0, 0.05) is 0 Å². The topological polar surface area (TPSA) is 17.1 Å². The van der Waals surface area contributed by atoms with E-state index in [1.807, 2.05) is 0 Å². The molecule has 0 atom stereocenters. The molecule has 0 N–H and O–H groups in total. The highest BCUT2D eigenvalue weighted by atomic mass is 19.2. The summed E-state index contributed by atoms with van der Waals surface area (Å²) >= 11 is 0. The number of hydrogen-bond acceptors (Lipinski definition) is 1. The molecule has 0 aliphatic carbocycles. The van der Waals surface area contributed by atoms with Gasteiger partial charge in [-0.25, -0.2) is 13.2 Å². The maximum atomic E-state index is 12.9. The maximum Gasteiger partial charge on any atom is 0.169 e. The first-order valence-electron chi connectivity index (χ1n) is 3.61. The van der Waals surface area contributed by atoms with Gasteiger partial charge in [-0.2, -0.15) is 0 Å². The van der Waals surface area contributed by atoms with Crippen LogP contribution in [0.3, 0.4) is 0 Å². The van der Waals surface area contributed by atoms with Crippen molar-refractivity contribution in [2.24, 2.45) is 0 Å². The largest absolute Gasteiger partial charge is 0.294 e. The van der Waals surface area contributed by atoms with E-state index in [2.05, 4.69) is 0 Å². The van der Waals surface area contributed by atoms with E-state index < -0.39 is 29.7 Å². The average molecular weight is 188 g/mol. The van der Waals surface area contributed by atoms with E-state index in [1.165, 1.54) is 0 Å². The molecule has 0 unspecified atom stereocenters. The zero-order valence-corrected chi connectivity index (χ0v) is 6.90. The molecule has 1 aromatic rings. The molecule has 0 saturated carbocycles. The van der Waals surface area contributed by atoms with Crippen molar-refractivity contribution in [3.05, 3.63) is 34.9 Å². The molecule has 1 nitrogen and oxygen atoms in total. The molecule has 70 valence electrons. The summed E-state index contributed by atoms with van der Waals surface area (Å²) in [6.07, 6.45) is 0. The number of ketones is 1. The monoisotopic (exact) mass is 188 g/mol. The molecule has 0 radical (unpaired) electrons. The van der Waals surface area contributed by atoms with Crippen molar-refractivity contribution < 1.29 is 18.0 Å². The first-order chi connectivity index (χ1) is 6.06. The number of carbonyl (C=O) groups is 1. The van der Waals surface area contributed by atoms with Gasteiger partial charge in [-0.3, -0.25) is 4.79 Å². The maximum absolute atomic E-state index is 12.9. The molecule has 0 aliphatic rings. The van der Waals surface area contributed by atoms with Gasteiger partial charge in [0.2, 0.25) is 0 Å². The Balaban J connectivity index is 3.33. The van der Waals surface area contributed by atoms with Crippen LogP contribution in [0.1, 0.15) is 22.8 Å². The summed E-state index contributed by atoms with van der Waals surface area (Å²) in [6.45, 7) is 0.178. The standard InChI is InChI=1S/C9H7F3O/c1-5(13)7-2-6(4-10)3-8(11)9(7)12/h2-3H,4H2,1H3. The first kappa shape index (κ1) is 9.77. The molecule has 0 amide bonds. The third-order valence-electron chi connectivity index (χ3n) is 1.62. The fourth-order valence-electron chi connectivity index (χ4n) is 0.979. The van der Waals surface area contributed by atoms with Crippen LogP contribution >= 0.6 is 0 Å². The second-order valence-corrected chi connectivity index (χ2v) is 2.63. The van der Waals surface area contributed by atoms with E-state index in [0.717, 1.165) is 19.1 Å². The van der Waals surface area contributed by atoms with Crippen LogP contribution < -0.4 is 0 Å². The number of hydrogen-bond donors (Lipinski definition) is 0. The van der Waals surface area contributed by atoms with Gasteiger partial charge in [0.1, 0.15) is 6.67 Å². The summed E-state index contributed by atoms with van der Waals surface area (Å²) in [6, 6.07) is 1.75. The van der Waals surface area contributed by atoms with Crippen molar-refractivity contribution in [3.8, 4) is 0 Å². The van der Waals surface area contributed by atoms with Gasteiger partial charge >= 0.3 is 0 Å². The summed E-state index contributed by atoms with van der Waals surface area (Å²) in [7, 11) is 0. The Morgan fingerprint density at radius 2 is 2.00 bits per heavy atom. The molecule has 1 aromatic carbocycles. The molecule has 0 saturated heterocycles. The quantitative estimate of drug-likeness (QED) is 0.652. The highest BCUT2D eigenvalue weighted by Gasteiger charge is 2.13. The van der Waals surface area contributed by atoms with Crippen molar-refractivity contribution in [2.75, 3.05) is 0 Å². The smallest absolute Gasteiger partial charge is 0.169 e. The summed E-state index contributed by atoms with van der Waals surface area (Å²) in [5.41, 5.74) is -0.447. The third kappa shape index (κ3) is 1.88. The van der Waals surface area contributed by atoms with E-state index in [9.17, 15) is 18.0 Å². The fourth-order valence-corrected chi connectivity index (χ4v) is 0.979. The SMILES string of the molecule is CC(=O)c1cc(CF)cc(F)c1F. The lowest BCUT2D eigenvalue weighted by Crippen LogP contribution is -2.01. The van der Waals surface area contributed by atoms with Gasteiger partial charge in [-0.15, -0.1) is 0 Å². The van der Waals surface area contributed by atoms with Gasteiger partial charge in [-0.1, -0.05) is 0 Å². The number of rotatable bonds is 2. The van der Waals surface area contributed by atoms with E-state index in [-0.39, 0.29) is 5.56 Å². The normalized spacial score (nSPS) is 10.2. The lowest BCUT2D eigenvalue weighted by atomic mass is 10.1. The lowest BCUT2D eigenvalue weighted by molar-refractivity contribution is 0.101. The van der Waals surface area contributed by atoms with Crippen LogP contribution in [0.2, 0.25) is 0 Å². The molecule has 0 bridgehead atoms. The van der Waals surface area contributed by atoms with Crippen molar-refractivity contribution in [2.45, 2.75) is 13.6 Å². The van der Waals surface area contributed by atoms with Crippen LogP contribution in [0.25, 0.3) is 0 Å². The molecule has 0 fully saturated rings. The van der Waals surface area contributed by atoms with Crippen LogP contribution in [0.15, 0.2) is 12.1 Å². The Morgan fingerprint density at radius 1 is 1.38 bits per heavy atom. The zero-order valence-electron chi connectivity index (χ0n) is 6.90. The highest BCUT2D eigenvalue weighted by molar-refractivity contribution is 5.94. The van der Waals surface area contributed by atoms with Crippen LogP contribution in [0.4, 0.5) is 13.2 Å². The molecular weight excluding hydrogens is 181 g/mol. The van der Waals surface area contributed by atoms with Crippen molar-refractivity contribution in [1.29, 1.82) is 0 Å². The second-order valence-electron chi connectivity index (χ2n) is 2.63. The van der Waals surface area contributed by atoms with Gasteiger partial charge in [-0.05, 0) is 24.6 Å². The Bertz CT molecular complexity index is 347. The molecule has 0 aliphatic heterocycles. The highest BCUT2D eigenvalue weighted by Crippen LogP contribution is 2.16. The Hall–Kier alpha value is -1.32. The number of halogens is 3. The fraction of sp³-hybridized carbons (Fsp3) is 0.222. The van der Waals surface area contributed by atoms with E-state index in [1.54, 1.807) is 0 Å². The van der Waals surface area contributed by atoms with Crippen molar-refractivity contribution >= 4 is 5.78 Å². The molecule has 4 heteroatoms. The molecule has 0 heterocycles. The number of alkyl halides is 1. The number of benzene rings is 1. The Morgan fingerprint density at radius 3 is 2.46 bits per heavy atom. The summed E-state index contributed by atoms with van der Waals surface area (Å²) < 4.78 is 37.6. The van der Waals surface area contributed by atoms with Crippen LogP contribution in [-0.2, 0) is 6.67 Å². The average Bonchev–Trinajstić information content (AvgIpc) is 2.09. The molecule has 1 rings (SSSR count). The van der Waals surface area contributed by atoms with E-state index in [0.29, 0.717) is 0 Å². The van der Waals surface area contributed by atoms with Crippen LogP contribution in [0, 0.1) is 11.6 Å². The minimum absolute atomic E-state index is 0.0379. The first-order valence-corrected chi connectivity index (χ1v) is 3.61. The van der Waals surface area contributed by atoms with E-state index >= 15 is 0 Å². The zero-order chi connectivity index (χ0) is 10.0. The van der Waals surface area contributed by atoms with Gasteiger partial charge in [0.15, 0.2) is 17.4 Å².